The van der Waals surface area contributed by atoms with Crippen LogP contribution < -0.4 is 0 Å². The van der Waals surface area contributed by atoms with Gasteiger partial charge in [0.1, 0.15) is 0 Å². The molecule has 0 aromatic heterocycles. The molecule has 0 N–H and O–H groups in total. The molecule has 3 saturated carbocycles. The summed E-state index contributed by atoms with van der Waals surface area (Å²) in [6.45, 7) is 12.7. The lowest BCUT2D eigenvalue weighted by Gasteiger charge is -2.56. The Balaban J connectivity index is 1.54. The van der Waals surface area contributed by atoms with Gasteiger partial charge in [0.25, 0.3) is 0 Å². The number of hydrogen-bond acceptors (Lipinski definition) is 0. The Bertz CT molecular complexity index is 569. The number of hydrogen-bond donors (Lipinski definition) is 0. The first-order valence-corrected chi connectivity index (χ1v) is 12.6. The summed E-state index contributed by atoms with van der Waals surface area (Å²) in [5.41, 5.74) is 5.20. The lowest BCUT2D eigenvalue weighted by atomic mass is 9.49. The minimum atomic E-state index is 0.556. The molecule has 4 aliphatic rings. The van der Waals surface area contributed by atoms with E-state index >= 15 is 0 Å². The summed E-state index contributed by atoms with van der Waals surface area (Å²) in [4.78, 5) is 0. The predicted molar refractivity (Wildman–Crippen MR) is 118 cm³/mol. The number of fused-ring (bicyclic) bond motifs is 4. The summed E-state index contributed by atoms with van der Waals surface area (Å²) < 4.78 is 0. The lowest BCUT2D eigenvalue weighted by molar-refractivity contribution is 0.00933. The first-order chi connectivity index (χ1) is 12.9. The topological polar surface area (TPSA) is 0 Å². The van der Waals surface area contributed by atoms with Crippen molar-refractivity contribution < 1.29 is 0 Å². The van der Waals surface area contributed by atoms with Gasteiger partial charge in [-0.2, -0.15) is 0 Å². The zero-order valence-corrected chi connectivity index (χ0v) is 19.1. The molecule has 0 radical (unpaired) electrons. The van der Waals surface area contributed by atoms with E-state index in [0.717, 1.165) is 29.6 Å². The van der Waals surface area contributed by atoms with Gasteiger partial charge < -0.3 is 0 Å². The Morgan fingerprint density at radius 3 is 2.48 bits per heavy atom. The summed E-state index contributed by atoms with van der Waals surface area (Å²) in [7, 11) is 0. The highest BCUT2D eigenvalue weighted by Gasteiger charge is 2.54. The molecule has 0 amide bonds. The van der Waals surface area contributed by atoms with Gasteiger partial charge in [0.2, 0.25) is 0 Å². The van der Waals surface area contributed by atoms with Crippen molar-refractivity contribution in [1.29, 1.82) is 0 Å². The molecule has 154 valence electrons. The summed E-state index contributed by atoms with van der Waals surface area (Å²) >= 11 is 0. The Kier molecular flexibility index (Phi) is 5.59. The molecule has 6 atom stereocenters. The van der Waals surface area contributed by atoms with Gasteiger partial charge in [-0.1, -0.05) is 77.9 Å². The summed E-state index contributed by atoms with van der Waals surface area (Å²) in [6, 6.07) is 0. The van der Waals surface area contributed by atoms with Crippen molar-refractivity contribution in [3.05, 3.63) is 11.1 Å². The van der Waals surface area contributed by atoms with Gasteiger partial charge in [-0.15, -0.1) is 0 Å². The van der Waals surface area contributed by atoms with Gasteiger partial charge in [0.15, 0.2) is 0 Å². The van der Waals surface area contributed by atoms with Crippen LogP contribution in [0.15, 0.2) is 11.1 Å². The second-order valence-electron chi connectivity index (χ2n) is 11.9. The number of allylic oxidation sites excluding steroid dienone is 2. The Morgan fingerprint density at radius 1 is 0.889 bits per heavy atom. The van der Waals surface area contributed by atoms with E-state index in [-0.39, 0.29) is 0 Å². The maximum Gasteiger partial charge on any atom is -0.00825 e. The van der Waals surface area contributed by atoms with Crippen molar-refractivity contribution in [3.8, 4) is 0 Å². The molecule has 4 aliphatic carbocycles. The second-order valence-corrected chi connectivity index (χ2v) is 11.9. The molecule has 3 fully saturated rings. The van der Waals surface area contributed by atoms with Crippen LogP contribution >= 0.6 is 0 Å². The average molecular weight is 371 g/mol. The van der Waals surface area contributed by atoms with Crippen LogP contribution in [0.3, 0.4) is 0 Å². The van der Waals surface area contributed by atoms with E-state index in [4.69, 9.17) is 0 Å². The third kappa shape index (κ3) is 3.36. The van der Waals surface area contributed by atoms with Gasteiger partial charge in [-0.05, 0) is 91.8 Å². The highest BCUT2D eigenvalue weighted by atomic mass is 14.6. The fourth-order valence-corrected chi connectivity index (χ4v) is 8.53. The maximum atomic E-state index is 2.70. The molecule has 0 aliphatic heterocycles. The standard InChI is InChI=1S/C27H46/c1-19(2)9-8-10-20(3)23-14-15-24-22-13-12-21-11-6-7-17-26(21,4)25(22)16-18-27(23,24)5/h19-21,23,25H,6-18H2,1-5H3/t20-,21?,23-,25+,26+,27-/m1/s1. The van der Waals surface area contributed by atoms with E-state index in [9.17, 15) is 0 Å². The van der Waals surface area contributed by atoms with Gasteiger partial charge in [0, 0.05) is 0 Å². The summed E-state index contributed by atoms with van der Waals surface area (Å²) in [6.07, 6.45) is 19.3. The van der Waals surface area contributed by atoms with Gasteiger partial charge in [0.05, 0.1) is 0 Å². The van der Waals surface area contributed by atoms with E-state index in [1.807, 2.05) is 11.1 Å². The van der Waals surface area contributed by atoms with E-state index < -0.39 is 0 Å². The van der Waals surface area contributed by atoms with E-state index in [1.54, 1.807) is 0 Å². The average Bonchev–Trinajstić information content (AvgIpc) is 2.98. The monoisotopic (exact) mass is 370 g/mol. The zero-order chi connectivity index (χ0) is 19.2. The Hall–Kier alpha value is -0.260. The van der Waals surface area contributed by atoms with Gasteiger partial charge >= 0.3 is 0 Å². The van der Waals surface area contributed by atoms with Crippen molar-refractivity contribution in [2.75, 3.05) is 0 Å². The molecule has 0 heterocycles. The fraction of sp³-hybridized carbons (Fsp3) is 0.926. The van der Waals surface area contributed by atoms with Gasteiger partial charge in [-0.25, -0.2) is 0 Å². The van der Waals surface area contributed by atoms with Crippen LogP contribution in [0.2, 0.25) is 0 Å². The highest BCUT2D eigenvalue weighted by molar-refractivity contribution is 5.34. The smallest absolute Gasteiger partial charge is 0.00825 e. The van der Waals surface area contributed by atoms with Crippen LogP contribution in [0.1, 0.15) is 118 Å². The minimum absolute atomic E-state index is 0.556. The molecule has 0 heteroatoms. The van der Waals surface area contributed by atoms with Crippen LogP contribution in [0.25, 0.3) is 0 Å². The molecule has 0 nitrogen and oxygen atoms in total. The second kappa shape index (κ2) is 7.53. The molecule has 4 rings (SSSR count). The van der Waals surface area contributed by atoms with Crippen LogP contribution in [-0.4, -0.2) is 0 Å². The van der Waals surface area contributed by atoms with Crippen molar-refractivity contribution in [3.63, 3.8) is 0 Å². The lowest BCUT2D eigenvalue weighted by Crippen LogP contribution is -2.46. The molecule has 0 bridgehead atoms. The zero-order valence-electron chi connectivity index (χ0n) is 19.1. The quantitative estimate of drug-likeness (QED) is 0.425. The molecule has 0 aromatic rings. The van der Waals surface area contributed by atoms with Crippen molar-refractivity contribution >= 4 is 0 Å². The SMILES string of the molecule is CC(C)CCC[C@@H](C)[C@H]1CCC2=C3CCC4CCCC[C@]4(C)[C@H]3CC[C@@]21C. The van der Waals surface area contributed by atoms with E-state index in [1.165, 1.54) is 83.5 Å². The molecule has 27 heavy (non-hydrogen) atoms. The fourth-order valence-electron chi connectivity index (χ4n) is 8.53. The Morgan fingerprint density at radius 2 is 1.70 bits per heavy atom. The first kappa shape index (κ1) is 20.0. The normalized spacial score (nSPS) is 42.7. The third-order valence-corrected chi connectivity index (χ3v) is 10.1. The number of rotatable bonds is 5. The predicted octanol–water partition coefficient (Wildman–Crippen LogP) is 8.56. The molecular weight excluding hydrogens is 324 g/mol. The van der Waals surface area contributed by atoms with Crippen molar-refractivity contribution in [2.24, 2.45) is 40.4 Å². The molecule has 1 unspecified atom stereocenters. The summed E-state index contributed by atoms with van der Waals surface area (Å²) in [5, 5.41) is 0. The molecule has 0 aromatic carbocycles. The van der Waals surface area contributed by atoms with Crippen LogP contribution in [0.4, 0.5) is 0 Å². The largest absolute Gasteiger partial charge is 0.0668 e. The Labute approximate surface area is 170 Å². The van der Waals surface area contributed by atoms with Gasteiger partial charge in [-0.3, -0.25) is 0 Å². The van der Waals surface area contributed by atoms with Crippen LogP contribution in [0.5, 0.6) is 0 Å². The van der Waals surface area contributed by atoms with Crippen LogP contribution in [0, 0.1) is 40.4 Å². The summed E-state index contributed by atoms with van der Waals surface area (Å²) in [5.74, 6) is 4.75. The third-order valence-electron chi connectivity index (χ3n) is 10.1. The maximum absolute atomic E-state index is 2.70. The van der Waals surface area contributed by atoms with Crippen molar-refractivity contribution in [2.45, 2.75) is 118 Å². The molecule has 0 spiro atoms. The first-order valence-electron chi connectivity index (χ1n) is 12.6. The molecular formula is C27H46. The molecule has 0 saturated heterocycles. The van der Waals surface area contributed by atoms with E-state index in [0.29, 0.717) is 10.8 Å². The van der Waals surface area contributed by atoms with Crippen molar-refractivity contribution in [1.82, 2.24) is 0 Å². The highest BCUT2D eigenvalue weighted by Crippen LogP contribution is 2.65. The minimum Gasteiger partial charge on any atom is -0.0668 e. The van der Waals surface area contributed by atoms with E-state index in [2.05, 4.69) is 34.6 Å². The van der Waals surface area contributed by atoms with Crippen LogP contribution in [-0.2, 0) is 0 Å².